The minimum atomic E-state index is 0.348. The van der Waals surface area contributed by atoms with Gasteiger partial charge in [0.05, 0.1) is 26.0 Å². The highest BCUT2D eigenvalue weighted by molar-refractivity contribution is 7.20. The number of hydrogen-bond acceptors (Lipinski definition) is 7. The van der Waals surface area contributed by atoms with Crippen LogP contribution < -0.4 is 16.8 Å². The van der Waals surface area contributed by atoms with E-state index in [1.165, 1.54) is 11.3 Å². The summed E-state index contributed by atoms with van der Waals surface area (Å²) in [5, 5.41) is 4.32. The fourth-order valence-corrected chi connectivity index (χ4v) is 2.35. The fraction of sp³-hybridized carbons (Fsp3) is 0.385. The van der Waals surface area contributed by atoms with E-state index in [0.717, 1.165) is 5.00 Å². The molecule has 0 unspecified atom stereocenters. The number of hydrogen-bond donors (Lipinski definition) is 3. The highest BCUT2D eigenvalue weighted by Gasteiger charge is 2.14. The summed E-state index contributed by atoms with van der Waals surface area (Å²) in [5.41, 5.74) is 12.0. The molecule has 0 amide bonds. The first-order valence-corrected chi connectivity index (χ1v) is 7.44. The fourth-order valence-electron chi connectivity index (χ4n) is 1.65. The van der Waals surface area contributed by atoms with Crippen molar-refractivity contribution in [3.8, 4) is 11.5 Å². The molecule has 0 aliphatic heterocycles. The molecular formula is C13H19N5O2S. The van der Waals surface area contributed by atoms with Crippen molar-refractivity contribution in [2.24, 2.45) is 10.7 Å². The van der Waals surface area contributed by atoms with E-state index in [1.54, 1.807) is 6.34 Å². The molecule has 0 saturated heterocycles. The zero-order chi connectivity index (χ0) is 15.1. The number of nitrogen functional groups attached to an aromatic ring is 1. The molecule has 5 N–H and O–H groups in total. The Bertz CT molecular complexity index is 593. The molecule has 0 saturated carbocycles. The summed E-state index contributed by atoms with van der Waals surface area (Å²) < 4.78 is 10.8. The van der Waals surface area contributed by atoms with Crippen molar-refractivity contribution in [3.63, 3.8) is 0 Å². The summed E-state index contributed by atoms with van der Waals surface area (Å²) in [5.74, 6) is 1.33. The third kappa shape index (κ3) is 4.28. The van der Waals surface area contributed by atoms with E-state index in [0.29, 0.717) is 48.6 Å². The summed E-state index contributed by atoms with van der Waals surface area (Å²) in [4.78, 5) is 8.47. The van der Waals surface area contributed by atoms with Crippen LogP contribution in [0.3, 0.4) is 0 Å². The molecule has 0 aliphatic rings. The first-order chi connectivity index (χ1) is 10.2. The van der Waals surface area contributed by atoms with Crippen molar-refractivity contribution >= 4 is 27.8 Å². The van der Waals surface area contributed by atoms with Crippen LogP contribution in [-0.4, -0.2) is 31.1 Å². The molecular weight excluding hydrogens is 290 g/mol. The minimum absolute atomic E-state index is 0.348. The van der Waals surface area contributed by atoms with E-state index >= 15 is 0 Å². The van der Waals surface area contributed by atoms with Gasteiger partial charge in [-0.25, -0.2) is 4.98 Å². The van der Waals surface area contributed by atoms with Gasteiger partial charge in [-0.05, 0) is 19.1 Å². The average molecular weight is 309 g/mol. The van der Waals surface area contributed by atoms with E-state index in [9.17, 15) is 0 Å². The van der Waals surface area contributed by atoms with Crippen LogP contribution in [0.5, 0.6) is 0 Å². The largest absolute Gasteiger partial charge is 0.458 e. The second-order valence-electron chi connectivity index (χ2n) is 4.08. The van der Waals surface area contributed by atoms with E-state index in [2.05, 4.69) is 15.3 Å². The minimum Gasteiger partial charge on any atom is -0.458 e. The number of anilines is 2. The van der Waals surface area contributed by atoms with Gasteiger partial charge in [-0.15, -0.1) is 0 Å². The monoisotopic (exact) mass is 309 g/mol. The lowest BCUT2D eigenvalue weighted by Gasteiger charge is -1.99. The standard InChI is InChI=1S/C13H19N5O2S/c1-2-19-6-5-16-8-17-12-11(18-13(15)21-12)10-4-3-9(7-14)20-10/h3-4,8H,2,5-7,14H2,1H3,(H2,15,18)(H,16,17). The Morgan fingerprint density at radius 3 is 3.10 bits per heavy atom. The van der Waals surface area contributed by atoms with Gasteiger partial charge in [-0.3, -0.25) is 4.99 Å². The number of furan rings is 1. The first kappa shape index (κ1) is 15.5. The van der Waals surface area contributed by atoms with Gasteiger partial charge in [0.15, 0.2) is 10.9 Å². The van der Waals surface area contributed by atoms with E-state index in [4.69, 9.17) is 20.6 Å². The van der Waals surface area contributed by atoms with Crippen molar-refractivity contribution in [2.45, 2.75) is 13.5 Å². The van der Waals surface area contributed by atoms with Gasteiger partial charge >= 0.3 is 0 Å². The number of aliphatic imine (C=N–C) groups is 1. The van der Waals surface area contributed by atoms with Crippen LogP contribution in [0.1, 0.15) is 12.7 Å². The van der Waals surface area contributed by atoms with Crippen molar-refractivity contribution in [1.82, 2.24) is 4.98 Å². The Hall–Kier alpha value is -1.90. The number of thiazole rings is 1. The van der Waals surface area contributed by atoms with E-state index < -0.39 is 0 Å². The van der Waals surface area contributed by atoms with E-state index in [-0.39, 0.29) is 0 Å². The maximum absolute atomic E-state index is 5.76. The normalized spacial score (nSPS) is 11.3. The van der Waals surface area contributed by atoms with Crippen molar-refractivity contribution in [1.29, 1.82) is 0 Å². The number of nitrogens with two attached hydrogens (primary N) is 2. The van der Waals surface area contributed by atoms with Gasteiger partial charge < -0.3 is 25.9 Å². The smallest absolute Gasteiger partial charge is 0.182 e. The molecule has 114 valence electrons. The van der Waals surface area contributed by atoms with Gasteiger partial charge in [-0.2, -0.15) is 0 Å². The molecule has 0 bridgehead atoms. The van der Waals surface area contributed by atoms with Crippen LogP contribution >= 0.6 is 11.3 Å². The second kappa shape index (κ2) is 7.77. The molecule has 0 fully saturated rings. The Balaban J connectivity index is 2.03. The van der Waals surface area contributed by atoms with Gasteiger partial charge in [0.1, 0.15) is 16.5 Å². The van der Waals surface area contributed by atoms with Crippen LogP contribution in [-0.2, 0) is 11.3 Å². The number of rotatable bonds is 8. The predicted molar refractivity (Wildman–Crippen MR) is 85.6 cm³/mol. The van der Waals surface area contributed by atoms with Crippen LogP contribution in [0.25, 0.3) is 11.5 Å². The van der Waals surface area contributed by atoms with Gasteiger partial charge in [-0.1, -0.05) is 11.3 Å². The topological polar surface area (TPSA) is 112 Å². The van der Waals surface area contributed by atoms with E-state index in [1.807, 2.05) is 19.1 Å². The average Bonchev–Trinajstić information content (AvgIpc) is 3.09. The maximum atomic E-state index is 5.76. The molecule has 0 spiro atoms. The van der Waals surface area contributed by atoms with Crippen LogP contribution in [0.4, 0.5) is 10.1 Å². The highest BCUT2D eigenvalue weighted by atomic mass is 32.1. The Morgan fingerprint density at radius 1 is 1.52 bits per heavy atom. The van der Waals surface area contributed by atoms with Gasteiger partial charge in [0.2, 0.25) is 0 Å². The number of aromatic nitrogens is 1. The second-order valence-corrected chi connectivity index (χ2v) is 5.11. The molecule has 2 aromatic heterocycles. The molecule has 8 heteroatoms. The zero-order valence-electron chi connectivity index (χ0n) is 11.8. The zero-order valence-corrected chi connectivity index (χ0v) is 12.7. The van der Waals surface area contributed by atoms with Gasteiger partial charge in [0.25, 0.3) is 0 Å². The Morgan fingerprint density at radius 2 is 2.38 bits per heavy atom. The SMILES string of the molecule is CCOCCN=CNc1sc(N)nc1-c1ccc(CN)o1. The summed E-state index contributed by atoms with van der Waals surface area (Å²) in [7, 11) is 0. The lowest BCUT2D eigenvalue weighted by atomic mass is 10.3. The van der Waals surface area contributed by atoms with Crippen LogP contribution in [0.2, 0.25) is 0 Å². The Labute approximate surface area is 127 Å². The predicted octanol–water partition coefficient (Wildman–Crippen LogP) is 1.92. The lowest BCUT2D eigenvalue weighted by Crippen LogP contribution is -2.00. The van der Waals surface area contributed by atoms with Crippen molar-refractivity contribution in [2.75, 3.05) is 30.8 Å². The Kier molecular flexibility index (Phi) is 5.73. The molecule has 0 radical (unpaired) electrons. The molecule has 7 nitrogen and oxygen atoms in total. The number of ether oxygens (including phenoxy) is 1. The molecule has 2 heterocycles. The molecule has 21 heavy (non-hydrogen) atoms. The molecule has 0 aliphatic carbocycles. The summed E-state index contributed by atoms with van der Waals surface area (Å²) in [6, 6.07) is 3.65. The van der Waals surface area contributed by atoms with Crippen LogP contribution in [0, 0.1) is 0 Å². The molecule has 2 aromatic rings. The summed E-state index contributed by atoms with van der Waals surface area (Å²) in [6.07, 6.45) is 1.61. The lowest BCUT2D eigenvalue weighted by molar-refractivity contribution is 0.156. The third-order valence-corrected chi connectivity index (χ3v) is 3.41. The molecule has 0 atom stereocenters. The number of nitrogens with one attached hydrogen (secondary N) is 1. The van der Waals surface area contributed by atoms with Crippen LogP contribution in [0.15, 0.2) is 21.5 Å². The third-order valence-electron chi connectivity index (χ3n) is 2.60. The summed E-state index contributed by atoms with van der Waals surface area (Å²) in [6.45, 7) is 4.20. The molecule has 2 rings (SSSR count). The van der Waals surface area contributed by atoms with Crippen molar-refractivity contribution < 1.29 is 9.15 Å². The highest BCUT2D eigenvalue weighted by Crippen LogP contribution is 2.34. The van der Waals surface area contributed by atoms with Gasteiger partial charge in [0, 0.05) is 6.61 Å². The summed E-state index contributed by atoms with van der Waals surface area (Å²) >= 11 is 1.34. The maximum Gasteiger partial charge on any atom is 0.182 e. The van der Waals surface area contributed by atoms with Crippen molar-refractivity contribution in [3.05, 3.63) is 17.9 Å². The number of nitrogens with zero attached hydrogens (tertiary/aromatic N) is 2. The first-order valence-electron chi connectivity index (χ1n) is 6.62. The molecule has 0 aromatic carbocycles. The quantitative estimate of drug-likeness (QED) is 0.390.